The average Bonchev–Trinajstić information content (AvgIpc) is 3.11. The Bertz CT molecular complexity index is 453. The molecule has 3 atom stereocenters. The zero-order chi connectivity index (χ0) is 13.9. The molecule has 0 unspecified atom stereocenters. The Morgan fingerprint density at radius 1 is 1.30 bits per heavy atom. The number of likely N-dealkylation sites (tertiary alicyclic amines) is 1. The van der Waals surface area contributed by atoms with Crippen LogP contribution >= 0.6 is 0 Å². The molecular formula is C17H24N2O. The van der Waals surface area contributed by atoms with Gasteiger partial charge in [0, 0.05) is 12.6 Å². The van der Waals surface area contributed by atoms with Gasteiger partial charge in [-0.15, -0.1) is 0 Å². The molecule has 0 aromatic heterocycles. The Hall–Kier alpha value is -1.35. The number of nitrogens with one attached hydrogen (secondary N) is 1. The fourth-order valence-corrected chi connectivity index (χ4v) is 3.60. The molecule has 2 aliphatic heterocycles. The van der Waals surface area contributed by atoms with E-state index >= 15 is 0 Å². The minimum atomic E-state index is 0.0768. The van der Waals surface area contributed by atoms with E-state index in [4.69, 9.17) is 0 Å². The van der Waals surface area contributed by atoms with Gasteiger partial charge in [-0.3, -0.25) is 4.79 Å². The Labute approximate surface area is 121 Å². The second-order valence-electron chi connectivity index (χ2n) is 6.16. The summed E-state index contributed by atoms with van der Waals surface area (Å²) in [5.41, 5.74) is 1.39. The highest BCUT2D eigenvalue weighted by Gasteiger charge is 2.37. The van der Waals surface area contributed by atoms with Gasteiger partial charge in [-0.05, 0) is 50.6 Å². The van der Waals surface area contributed by atoms with Gasteiger partial charge in [-0.2, -0.15) is 0 Å². The van der Waals surface area contributed by atoms with Crippen molar-refractivity contribution < 1.29 is 4.79 Å². The van der Waals surface area contributed by atoms with Crippen LogP contribution in [-0.2, 0) is 11.2 Å². The number of rotatable bonds is 3. The maximum Gasteiger partial charge on any atom is 0.239 e. The fraction of sp³-hybridized carbons (Fsp3) is 0.588. The zero-order valence-electron chi connectivity index (χ0n) is 12.2. The van der Waals surface area contributed by atoms with Crippen LogP contribution in [0.1, 0.15) is 31.7 Å². The van der Waals surface area contributed by atoms with Gasteiger partial charge >= 0.3 is 0 Å². The molecule has 1 aromatic rings. The van der Waals surface area contributed by atoms with Crippen molar-refractivity contribution in [2.45, 2.75) is 44.7 Å². The molecule has 3 rings (SSSR count). The predicted molar refractivity (Wildman–Crippen MR) is 80.5 cm³/mol. The van der Waals surface area contributed by atoms with Gasteiger partial charge in [0.2, 0.25) is 5.91 Å². The van der Waals surface area contributed by atoms with Crippen molar-refractivity contribution in [2.75, 3.05) is 13.1 Å². The third-order valence-electron chi connectivity index (χ3n) is 4.90. The molecule has 1 aromatic carbocycles. The van der Waals surface area contributed by atoms with E-state index in [9.17, 15) is 4.79 Å². The lowest BCUT2D eigenvalue weighted by molar-refractivity contribution is -0.133. The summed E-state index contributed by atoms with van der Waals surface area (Å²) in [4.78, 5) is 14.6. The number of amides is 1. The topological polar surface area (TPSA) is 32.3 Å². The summed E-state index contributed by atoms with van der Waals surface area (Å²) in [6.07, 6.45) is 4.36. The van der Waals surface area contributed by atoms with Crippen LogP contribution < -0.4 is 5.32 Å². The van der Waals surface area contributed by atoms with E-state index in [2.05, 4.69) is 47.5 Å². The molecule has 0 radical (unpaired) electrons. The third kappa shape index (κ3) is 2.73. The largest absolute Gasteiger partial charge is 0.338 e. The first-order valence-electron chi connectivity index (χ1n) is 7.83. The van der Waals surface area contributed by atoms with Crippen LogP contribution in [0.2, 0.25) is 0 Å². The number of nitrogens with zero attached hydrogens (tertiary/aromatic N) is 1. The molecule has 0 spiro atoms. The normalized spacial score (nSPS) is 29.9. The van der Waals surface area contributed by atoms with Gasteiger partial charge in [-0.1, -0.05) is 30.3 Å². The van der Waals surface area contributed by atoms with Crippen LogP contribution in [0.4, 0.5) is 0 Å². The van der Waals surface area contributed by atoms with Crippen LogP contribution in [0, 0.1) is 5.92 Å². The summed E-state index contributed by atoms with van der Waals surface area (Å²) in [7, 11) is 0. The molecule has 20 heavy (non-hydrogen) atoms. The lowest BCUT2D eigenvalue weighted by atomic mass is 9.93. The molecule has 2 saturated heterocycles. The van der Waals surface area contributed by atoms with Crippen LogP contribution in [0.15, 0.2) is 30.3 Å². The Kier molecular flexibility index (Phi) is 4.06. The van der Waals surface area contributed by atoms with E-state index in [0.29, 0.717) is 17.9 Å². The number of carbonyl (C=O) groups excluding carboxylic acids is 1. The summed E-state index contributed by atoms with van der Waals surface area (Å²) in [5, 5.41) is 3.33. The molecule has 0 aliphatic carbocycles. The second-order valence-corrected chi connectivity index (χ2v) is 6.16. The van der Waals surface area contributed by atoms with Gasteiger partial charge < -0.3 is 10.2 Å². The number of hydrogen-bond donors (Lipinski definition) is 1. The second kappa shape index (κ2) is 5.96. The van der Waals surface area contributed by atoms with E-state index in [0.717, 1.165) is 38.8 Å². The van der Waals surface area contributed by atoms with E-state index < -0.39 is 0 Å². The van der Waals surface area contributed by atoms with E-state index in [1.54, 1.807) is 0 Å². The highest BCUT2D eigenvalue weighted by molar-refractivity contribution is 5.82. The summed E-state index contributed by atoms with van der Waals surface area (Å²) < 4.78 is 0. The van der Waals surface area contributed by atoms with Gasteiger partial charge in [0.25, 0.3) is 0 Å². The molecule has 1 amide bonds. The first-order valence-corrected chi connectivity index (χ1v) is 7.83. The number of hydrogen-bond acceptors (Lipinski definition) is 2. The summed E-state index contributed by atoms with van der Waals surface area (Å²) >= 11 is 0. The Morgan fingerprint density at radius 3 is 2.80 bits per heavy atom. The van der Waals surface area contributed by atoms with Crippen molar-refractivity contribution in [1.29, 1.82) is 0 Å². The maximum atomic E-state index is 12.5. The average molecular weight is 272 g/mol. The zero-order valence-corrected chi connectivity index (χ0v) is 12.2. The molecule has 0 saturated carbocycles. The number of carbonyl (C=O) groups is 1. The molecule has 3 heteroatoms. The van der Waals surface area contributed by atoms with Gasteiger partial charge in [0.15, 0.2) is 0 Å². The van der Waals surface area contributed by atoms with Gasteiger partial charge in [-0.25, -0.2) is 0 Å². The van der Waals surface area contributed by atoms with Crippen molar-refractivity contribution in [3.8, 4) is 0 Å². The minimum Gasteiger partial charge on any atom is -0.338 e. The summed E-state index contributed by atoms with van der Waals surface area (Å²) in [5.74, 6) is 0.924. The molecule has 0 bridgehead atoms. The van der Waals surface area contributed by atoms with Crippen molar-refractivity contribution in [2.24, 2.45) is 5.92 Å². The van der Waals surface area contributed by atoms with Crippen LogP contribution in [0.3, 0.4) is 0 Å². The van der Waals surface area contributed by atoms with Crippen molar-refractivity contribution >= 4 is 5.91 Å². The molecule has 3 nitrogen and oxygen atoms in total. The van der Waals surface area contributed by atoms with Crippen LogP contribution in [0.5, 0.6) is 0 Å². The SMILES string of the molecule is C[C@H]1[C@H](Cc2ccccc2)CCN1C(=O)[C@@H]1CCCN1. The summed E-state index contributed by atoms with van der Waals surface area (Å²) in [6, 6.07) is 11.1. The highest BCUT2D eigenvalue weighted by atomic mass is 16.2. The molecule has 2 aliphatic rings. The minimum absolute atomic E-state index is 0.0768. The molecule has 108 valence electrons. The highest BCUT2D eigenvalue weighted by Crippen LogP contribution is 2.28. The van der Waals surface area contributed by atoms with Crippen molar-refractivity contribution in [3.63, 3.8) is 0 Å². The molecule has 2 heterocycles. The van der Waals surface area contributed by atoms with E-state index in [1.807, 2.05) is 0 Å². The van der Waals surface area contributed by atoms with Gasteiger partial charge in [0.1, 0.15) is 0 Å². The molecule has 2 fully saturated rings. The van der Waals surface area contributed by atoms with Crippen molar-refractivity contribution in [1.82, 2.24) is 10.2 Å². The van der Waals surface area contributed by atoms with Crippen LogP contribution in [-0.4, -0.2) is 36.0 Å². The smallest absolute Gasteiger partial charge is 0.239 e. The van der Waals surface area contributed by atoms with Gasteiger partial charge in [0.05, 0.1) is 6.04 Å². The monoisotopic (exact) mass is 272 g/mol. The van der Waals surface area contributed by atoms with Crippen molar-refractivity contribution in [3.05, 3.63) is 35.9 Å². The lowest BCUT2D eigenvalue weighted by Crippen LogP contribution is -2.46. The fourth-order valence-electron chi connectivity index (χ4n) is 3.60. The maximum absolute atomic E-state index is 12.5. The molecule has 1 N–H and O–H groups in total. The lowest BCUT2D eigenvalue weighted by Gasteiger charge is -2.27. The number of benzene rings is 1. The predicted octanol–water partition coefficient (Wildman–Crippen LogP) is 2.22. The van der Waals surface area contributed by atoms with Crippen LogP contribution in [0.25, 0.3) is 0 Å². The summed E-state index contributed by atoms with van der Waals surface area (Å²) in [6.45, 7) is 4.13. The standard InChI is InChI=1S/C17H24N2O/c1-13-15(12-14-6-3-2-4-7-14)9-11-19(13)17(20)16-8-5-10-18-16/h2-4,6-7,13,15-16,18H,5,8-12H2,1H3/t13-,15-,16-/m0/s1. The molecular weight excluding hydrogens is 248 g/mol. The first kappa shape index (κ1) is 13.6. The Balaban J connectivity index is 1.61. The third-order valence-corrected chi connectivity index (χ3v) is 4.90. The quantitative estimate of drug-likeness (QED) is 0.915. The van der Waals surface area contributed by atoms with E-state index in [1.165, 1.54) is 5.56 Å². The first-order chi connectivity index (χ1) is 9.75. The Morgan fingerprint density at radius 2 is 2.10 bits per heavy atom. The van der Waals surface area contributed by atoms with E-state index in [-0.39, 0.29) is 6.04 Å².